The first kappa shape index (κ1) is 13.4. The molecule has 0 spiro atoms. The molecule has 2 aromatic rings. The van der Waals surface area contributed by atoms with Crippen LogP contribution in [0, 0.1) is 11.3 Å². The molecule has 0 radical (unpaired) electrons. The highest BCUT2D eigenvalue weighted by molar-refractivity contribution is 5.94. The summed E-state index contributed by atoms with van der Waals surface area (Å²) < 4.78 is 0. The minimum Gasteiger partial charge on any atom is -0.334 e. The first-order valence-electron chi connectivity index (χ1n) is 7.10. The number of hydrogen-bond acceptors (Lipinski definition) is 2. The molecule has 1 aliphatic rings. The van der Waals surface area contributed by atoms with E-state index in [0.717, 1.165) is 18.5 Å². The monoisotopic (exact) mass is 276 g/mol. The van der Waals surface area contributed by atoms with Crippen molar-refractivity contribution in [2.75, 3.05) is 6.54 Å². The standard InChI is InChI=1S/C18H16N2O/c19-11-9-14-5-7-16(8-6-14)18(21)20-12-10-15-3-1-2-4-17(15)13-20/h1-8H,9-10,12-13H2. The summed E-state index contributed by atoms with van der Waals surface area (Å²) >= 11 is 0. The molecule has 1 aliphatic heterocycles. The van der Waals surface area contributed by atoms with Crippen LogP contribution in [-0.4, -0.2) is 17.4 Å². The molecule has 0 bridgehead atoms. The summed E-state index contributed by atoms with van der Waals surface area (Å²) in [6, 6.07) is 17.7. The van der Waals surface area contributed by atoms with Gasteiger partial charge in [-0.2, -0.15) is 5.26 Å². The van der Waals surface area contributed by atoms with Gasteiger partial charge >= 0.3 is 0 Å². The Kier molecular flexibility index (Phi) is 3.70. The Bertz CT molecular complexity index is 698. The Morgan fingerprint density at radius 2 is 1.81 bits per heavy atom. The highest BCUT2D eigenvalue weighted by Crippen LogP contribution is 2.20. The van der Waals surface area contributed by atoms with Crippen LogP contribution in [0.3, 0.4) is 0 Å². The lowest BCUT2D eigenvalue weighted by Crippen LogP contribution is -2.35. The molecule has 2 aromatic carbocycles. The number of nitrogens with zero attached hydrogens (tertiary/aromatic N) is 2. The van der Waals surface area contributed by atoms with E-state index in [0.29, 0.717) is 18.5 Å². The molecule has 3 heteroatoms. The van der Waals surface area contributed by atoms with E-state index >= 15 is 0 Å². The molecule has 0 atom stereocenters. The molecule has 0 saturated carbocycles. The van der Waals surface area contributed by atoms with Crippen LogP contribution in [0.2, 0.25) is 0 Å². The van der Waals surface area contributed by atoms with Crippen LogP contribution < -0.4 is 0 Å². The molecule has 21 heavy (non-hydrogen) atoms. The van der Waals surface area contributed by atoms with Gasteiger partial charge in [-0.3, -0.25) is 4.79 Å². The van der Waals surface area contributed by atoms with Gasteiger partial charge in [-0.1, -0.05) is 36.4 Å². The van der Waals surface area contributed by atoms with Gasteiger partial charge in [0.2, 0.25) is 0 Å². The minimum absolute atomic E-state index is 0.0630. The molecule has 0 N–H and O–H groups in total. The molecule has 1 heterocycles. The van der Waals surface area contributed by atoms with Crippen molar-refractivity contribution in [3.63, 3.8) is 0 Å². The van der Waals surface area contributed by atoms with Gasteiger partial charge in [0.15, 0.2) is 0 Å². The van der Waals surface area contributed by atoms with Crippen LogP contribution in [0.15, 0.2) is 48.5 Å². The zero-order valence-corrected chi connectivity index (χ0v) is 11.7. The number of carbonyl (C=O) groups excluding carboxylic acids is 1. The maximum atomic E-state index is 12.5. The van der Waals surface area contributed by atoms with Crippen LogP contribution in [0.25, 0.3) is 0 Å². The van der Waals surface area contributed by atoms with Gasteiger partial charge in [-0.25, -0.2) is 0 Å². The molecule has 3 rings (SSSR count). The molecule has 0 unspecified atom stereocenters. The third-order valence-electron chi connectivity index (χ3n) is 3.90. The van der Waals surface area contributed by atoms with Crippen molar-refractivity contribution in [3.8, 4) is 6.07 Å². The second kappa shape index (κ2) is 5.80. The number of carbonyl (C=O) groups is 1. The fourth-order valence-corrected chi connectivity index (χ4v) is 2.71. The molecular weight excluding hydrogens is 260 g/mol. The summed E-state index contributed by atoms with van der Waals surface area (Å²) in [5.41, 5.74) is 4.21. The summed E-state index contributed by atoms with van der Waals surface area (Å²) in [4.78, 5) is 14.4. The van der Waals surface area contributed by atoms with E-state index in [1.807, 2.05) is 41.3 Å². The van der Waals surface area contributed by atoms with E-state index in [4.69, 9.17) is 5.26 Å². The summed E-state index contributed by atoms with van der Waals surface area (Å²) in [7, 11) is 0. The van der Waals surface area contributed by atoms with Gasteiger partial charge in [0.25, 0.3) is 5.91 Å². The summed E-state index contributed by atoms with van der Waals surface area (Å²) in [6.45, 7) is 1.44. The second-order valence-corrected chi connectivity index (χ2v) is 5.28. The number of rotatable bonds is 2. The highest BCUT2D eigenvalue weighted by atomic mass is 16.2. The predicted molar refractivity (Wildman–Crippen MR) is 80.6 cm³/mol. The number of hydrogen-bond donors (Lipinski definition) is 0. The average Bonchev–Trinajstić information content (AvgIpc) is 2.55. The maximum Gasteiger partial charge on any atom is 0.254 e. The maximum absolute atomic E-state index is 12.5. The van der Waals surface area contributed by atoms with Gasteiger partial charge in [-0.15, -0.1) is 0 Å². The van der Waals surface area contributed by atoms with Crippen LogP contribution in [0.4, 0.5) is 0 Å². The van der Waals surface area contributed by atoms with Crippen LogP contribution in [0.1, 0.15) is 27.0 Å². The summed E-state index contributed by atoms with van der Waals surface area (Å²) in [6.07, 6.45) is 1.29. The van der Waals surface area contributed by atoms with Crippen LogP contribution in [0.5, 0.6) is 0 Å². The molecule has 0 fully saturated rings. The zero-order valence-electron chi connectivity index (χ0n) is 11.7. The number of benzene rings is 2. The van der Waals surface area contributed by atoms with Crippen molar-refractivity contribution in [1.82, 2.24) is 4.90 Å². The lowest BCUT2D eigenvalue weighted by molar-refractivity contribution is 0.0734. The van der Waals surface area contributed by atoms with E-state index in [9.17, 15) is 4.79 Å². The quantitative estimate of drug-likeness (QED) is 0.846. The van der Waals surface area contributed by atoms with E-state index < -0.39 is 0 Å². The predicted octanol–water partition coefficient (Wildman–Crippen LogP) is 2.95. The van der Waals surface area contributed by atoms with Crippen LogP contribution in [-0.2, 0) is 19.4 Å². The number of amides is 1. The number of fused-ring (bicyclic) bond motifs is 1. The Hall–Kier alpha value is -2.60. The summed E-state index contributed by atoms with van der Waals surface area (Å²) in [5, 5.41) is 8.67. The minimum atomic E-state index is 0.0630. The zero-order chi connectivity index (χ0) is 14.7. The SMILES string of the molecule is N#CCc1ccc(C(=O)N2CCc3ccccc3C2)cc1. The van der Waals surface area contributed by atoms with Gasteiger partial charge in [0.05, 0.1) is 12.5 Å². The molecule has 0 aliphatic carbocycles. The smallest absolute Gasteiger partial charge is 0.254 e. The molecule has 0 aromatic heterocycles. The third-order valence-corrected chi connectivity index (χ3v) is 3.90. The second-order valence-electron chi connectivity index (χ2n) is 5.28. The Morgan fingerprint density at radius 1 is 1.10 bits per heavy atom. The Morgan fingerprint density at radius 3 is 2.52 bits per heavy atom. The largest absolute Gasteiger partial charge is 0.334 e. The fourth-order valence-electron chi connectivity index (χ4n) is 2.71. The number of nitriles is 1. The average molecular weight is 276 g/mol. The molecule has 104 valence electrons. The van der Waals surface area contributed by atoms with E-state index in [-0.39, 0.29) is 5.91 Å². The Balaban J connectivity index is 1.76. The van der Waals surface area contributed by atoms with E-state index in [1.165, 1.54) is 11.1 Å². The lowest BCUT2D eigenvalue weighted by Gasteiger charge is -2.29. The van der Waals surface area contributed by atoms with Crippen molar-refractivity contribution in [2.24, 2.45) is 0 Å². The van der Waals surface area contributed by atoms with Crippen molar-refractivity contribution < 1.29 is 4.79 Å². The topological polar surface area (TPSA) is 44.1 Å². The molecule has 0 saturated heterocycles. The van der Waals surface area contributed by atoms with Gasteiger partial charge in [-0.05, 0) is 35.2 Å². The highest BCUT2D eigenvalue weighted by Gasteiger charge is 2.21. The van der Waals surface area contributed by atoms with Crippen molar-refractivity contribution >= 4 is 5.91 Å². The first-order valence-corrected chi connectivity index (χ1v) is 7.10. The van der Waals surface area contributed by atoms with Crippen molar-refractivity contribution in [3.05, 3.63) is 70.8 Å². The summed E-state index contributed by atoms with van der Waals surface area (Å²) in [5.74, 6) is 0.0630. The molecular formula is C18H16N2O. The van der Waals surface area contributed by atoms with Crippen molar-refractivity contribution in [2.45, 2.75) is 19.4 Å². The van der Waals surface area contributed by atoms with Gasteiger partial charge < -0.3 is 4.90 Å². The van der Waals surface area contributed by atoms with Gasteiger partial charge in [0, 0.05) is 18.7 Å². The normalized spacial score (nSPS) is 13.4. The van der Waals surface area contributed by atoms with E-state index in [1.54, 1.807) is 0 Å². The fraction of sp³-hybridized carbons (Fsp3) is 0.222. The third kappa shape index (κ3) is 2.80. The van der Waals surface area contributed by atoms with Crippen LogP contribution >= 0.6 is 0 Å². The van der Waals surface area contributed by atoms with E-state index in [2.05, 4.69) is 18.2 Å². The lowest BCUT2D eigenvalue weighted by atomic mass is 9.99. The Labute approximate surface area is 124 Å². The van der Waals surface area contributed by atoms with Crippen molar-refractivity contribution in [1.29, 1.82) is 5.26 Å². The molecule has 1 amide bonds. The van der Waals surface area contributed by atoms with Gasteiger partial charge in [0.1, 0.15) is 0 Å². The first-order chi connectivity index (χ1) is 10.3. The molecule has 3 nitrogen and oxygen atoms in total.